The lowest BCUT2D eigenvalue weighted by Gasteiger charge is -2.21. The van der Waals surface area contributed by atoms with Crippen LogP contribution in [0.5, 0.6) is 5.75 Å². The number of aliphatic hydroxyl groups excluding tert-OH is 2. The third kappa shape index (κ3) is 3.54. The van der Waals surface area contributed by atoms with Gasteiger partial charge in [-0.25, -0.2) is 0 Å². The van der Waals surface area contributed by atoms with Gasteiger partial charge in [0.05, 0.1) is 11.7 Å². The molecule has 2 atom stereocenters. The summed E-state index contributed by atoms with van der Waals surface area (Å²) in [5.74, 6) is -0.320. The van der Waals surface area contributed by atoms with Crippen molar-refractivity contribution in [3.63, 3.8) is 0 Å². The maximum atomic E-state index is 12.7. The Bertz CT molecular complexity index is 409. The maximum absolute atomic E-state index is 12.7. The maximum Gasteiger partial charge on any atom is 0.416 e. The Hall–Kier alpha value is -0.920. The minimum absolute atomic E-state index is 0.0580. The Morgan fingerprint density at radius 2 is 1.83 bits per heavy atom. The second-order valence-electron chi connectivity index (χ2n) is 3.79. The molecule has 102 valence electrons. The van der Waals surface area contributed by atoms with Crippen LogP contribution in [0.25, 0.3) is 0 Å². The molecule has 1 aromatic carbocycles. The molecule has 1 rings (SSSR count). The van der Waals surface area contributed by atoms with Gasteiger partial charge in [0.1, 0.15) is 11.9 Å². The Morgan fingerprint density at radius 3 is 2.33 bits per heavy atom. The summed E-state index contributed by atoms with van der Waals surface area (Å²) in [4.78, 5) is 0. The van der Waals surface area contributed by atoms with Crippen LogP contribution in [0, 0.1) is 0 Å². The summed E-state index contributed by atoms with van der Waals surface area (Å²) in [6.45, 7) is 0. The molecule has 0 saturated carbocycles. The van der Waals surface area contributed by atoms with Crippen LogP contribution in [0.2, 0.25) is 0 Å². The van der Waals surface area contributed by atoms with E-state index in [0.29, 0.717) is 6.07 Å². The number of thiol groups is 1. The van der Waals surface area contributed by atoms with Gasteiger partial charge in [-0.1, -0.05) is 6.07 Å². The van der Waals surface area contributed by atoms with Crippen molar-refractivity contribution in [1.82, 2.24) is 0 Å². The lowest BCUT2D eigenvalue weighted by Crippen LogP contribution is -2.22. The second-order valence-corrected chi connectivity index (χ2v) is 4.24. The number of phenols is 1. The van der Waals surface area contributed by atoms with Gasteiger partial charge in [0, 0.05) is 0 Å². The monoisotopic (exact) mass is 282 g/mol. The molecule has 7 heteroatoms. The number of phenolic OH excluding ortho intramolecular Hbond substituents is 1. The number of aromatic hydroxyl groups is 1. The van der Waals surface area contributed by atoms with E-state index in [9.17, 15) is 23.4 Å². The fourth-order valence-electron chi connectivity index (χ4n) is 1.55. The first-order chi connectivity index (χ1) is 8.27. The van der Waals surface area contributed by atoms with Gasteiger partial charge in [0.25, 0.3) is 0 Å². The number of benzene rings is 1. The molecule has 0 aliphatic carbocycles. The largest absolute Gasteiger partial charge is 0.508 e. The highest BCUT2D eigenvalue weighted by atomic mass is 32.1. The number of aliphatic hydroxyl groups is 2. The highest BCUT2D eigenvalue weighted by Crippen LogP contribution is 2.37. The van der Waals surface area contributed by atoms with Crippen LogP contribution in [0.3, 0.4) is 0 Å². The average Bonchev–Trinajstić information content (AvgIpc) is 2.27. The van der Waals surface area contributed by atoms with Crippen LogP contribution in [0.15, 0.2) is 18.2 Å². The van der Waals surface area contributed by atoms with Crippen LogP contribution in [0.4, 0.5) is 13.2 Å². The van der Waals surface area contributed by atoms with Crippen LogP contribution >= 0.6 is 12.6 Å². The molecular weight excluding hydrogens is 269 g/mol. The van der Waals surface area contributed by atoms with Crippen LogP contribution in [-0.2, 0) is 6.18 Å². The van der Waals surface area contributed by atoms with Crippen molar-refractivity contribution in [3.05, 3.63) is 29.3 Å². The fourth-order valence-corrected chi connectivity index (χ4v) is 1.81. The van der Waals surface area contributed by atoms with E-state index in [-0.39, 0.29) is 12.2 Å². The van der Waals surface area contributed by atoms with Gasteiger partial charge in [-0.15, -0.1) is 0 Å². The van der Waals surface area contributed by atoms with Gasteiger partial charge in [-0.2, -0.15) is 25.8 Å². The summed E-state index contributed by atoms with van der Waals surface area (Å²) >= 11 is 3.83. The normalized spacial score (nSPS) is 15.4. The zero-order valence-corrected chi connectivity index (χ0v) is 10.1. The third-order valence-corrected chi connectivity index (χ3v) is 2.71. The van der Waals surface area contributed by atoms with E-state index >= 15 is 0 Å². The minimum atomic E-state index is -4.71. The molecule has 0 radical (unpaired) electrons. The van der Waals surface area contributed by atoms with Crippen molar-refractivity contribution in [2.24, 2.45) is 0 Å². The first kappa shape index (κ1) is 15.1. The Morgan fingerprint density at radius 1 is 1.22 bits per heavy atom. The average molecular weight is 282 g/mol. The molecule has 3 N–H and O–H groups in total. The van der Waals surface area contributed by atoms with Crippen molar-refractivity contribution in [3.8, 4) is 5.75 Å². The van der Waals surface area contributed by atoms with Gasteiger partial charge < -0.3 is 15.3 Å². The zero-order valence-electron chi connectivity index (χ0n) is 9.22. The summed E-state index contributed by atoms with van der Waals surface area (Å²) < 4.78 is 38.2. The Kier molecular flexibility index (Phi) is 4.89. The smallest absolute Gasteiger partial charge is 0.416 e. The second kappa shape index (κ2) is 5.81. The van der Waals surface area contributed by atoms with Gasteiger partial charge in [0.15, 0.2) is 0 Å². The summed E-state index contributed by atoms with van der Waals surface area (Å²) in [5, 5.41) is 28.3. The first-order valence-electron chi connectivity index (χ1n) is 5.14. The summed E-state index contributed by atoms with van der Waals surface area (Å²) in [6.07, 6.45) is -7.67. The lowest BCUT2D eigenvalue weighted by molar-refractivity contribution is -0.140. The van der Waals surface area contributed by atoms with Crippen LogP contribution in [0.1, 0.15) is 23.7 Å². The highest BCUT2D eigenvalue weighted by Gasteiger charge is 2.36. The number of hydrogen-bond donors (Lipinski definition) is 4. The molecule has 0 aliphatic heterocycles. The van der Waals surface area contributed by atoms with Gasteiger partial charge in [-0.3, -0.25) is 0 Å². The van der Waals surface area contributed by atoms with E-state index < -0.39 is 35.3 Å². The molecule has 0 bridgehead atoms. The predicted molar refractivity (Wildman–Crippen MR) is 62.5 cm³/mol. The standard InChI is InChI=1S/C11H13F3O3S/c12-11(13,14)8-5-6(15)1-2-7(8)10(17)9(16)3-4-18/h1-2,5,9-10,15-18H,3-4H2. The van der Waals surface area contributed by atoms with Crippen molar-refractivity contribution < 1.29 is 28.5 Å². The Labute approximate surface area is 107 Å². The van der Waals surface area contributed by atoms with Gasteiger partial charge in [0.2, 0.25) is 0 Å². The first-order valence-corrected chi connectivity index (χ1v) is 5.77. The van der Waals surface area contributed by atoms with E-state index in [4.69, 9.17) is 5.11 Å². The number of rotatable bonds is 4. The molecule has 0 heterocycles. The molecule has 2 unspecified atom stereocenters. The van der Waals surface area contributed by atoms with Gasteiger partial charge in [-0.05, 0) is 29.9 Å². The quantitative estimate of drug-likeness (QED) is 0.640. The predicted octanol–water partition coefficient (Wildman–Crippen LogP) is 2.13. The molecule has 0 spiro atoms. The molecule has 0 aromatic heterocycles. The summed E-state index contributed by atoms with van der Waals surface area (Å²) in [6, 6.07) is 2.50. The van der Waals surface area contributed by atoms with Crippen LogP contribution in [-0.4, -0.2) is 27.2 Å². The van der Waals surface area contributed by atoms with E-state index in [1.54, 1.807) is 0 Å². The highest BCUT2D eigenvalue weighted by molar-refractivity contribution is 7.80. The zero-order chi connectivity index (χ0) is 13.9. The van der Waals surface area contributed by atoms with Gasteiger partial charge >= 0.3 is 6.18 Å². The molecule has 0 fully saturated rings. The van der Waals surface area contributed by atoms with Crippen molar-refractivity contribution in [2.45, 2.75) is 24.8 Å². The molecule has 3 nitrogen and oxygen atoms in total. The molecule has 1 aromatic rings. The molecule has 0 amide bonds. The summed E-state index contributed by atoms with van der Waals surface area (Å²) in [5.41, 5.74) is -1.62. The number of hydrogen-bond acceptors (Lipinski definition) is 4. The molecular formula is C11H13F3O3S. The number of halogens is 3. The number of alkyl halides is 3. The minimum Gasteiger partial charge on any atom is -0.508 e. The van der Waals surface area contributed by atoms with E-state index in [1.807, 2.05) is 0 Å². The third-order valence-electron chi connectivity index (χ3n) is 2.45. The van der Waals surface area contributed by atoms with Crippen LogP contribution < -0.4 is 0 Å². The van der Waals surface area contributed by atoms with E-state index in [0.717, 1.165) is 12.1 Å². The molecule has 0 aliphatic rings. The Balaban J connectivity index is 3.15. The molecule has 18 heavy (non-hydrogen) atoms. The van der Waals surface area contributed by atoms with Crippen molar-refractivity contribution >= 4 is 12.6 Å². The van der Waals surface area contributed by atoms with E-state index in [2.05, 4.69) is 12.6 Å². The fraction of sp³-hybridized carbons (Fsp3) is 0.455. The lowest BCUT2D eigenvalue weighted by atomic mass is 9.97. The van der Waals surface area contributed by atoms with Crippen molar-refractivity contribution in [1.29, 1.82) is 0 Å². The van der Waals surface area contributed by atoms with Crippen molar-refractivity contribution in [2.75, 3.05) is 5.75 Å². The summed E-state index contributed by atoms with van der Waals surface area (Å²) in [7, 11) is 0. The molecule has 0 saturated heterocycles. The SMILES string of the molecule is Oc1ccc(C(O)C(O)CCS)c(C(F)(F)F)c1. The topological polar surface area (TPSA) is 60.7 Å². The van der Waals surface area contributed by atoms with E-state index in [1.165, 1.54) is 0 Å².